The molecule has 7 heteroatoms. The Morgan fingerprint density at radius 2 is 1.97 bits per heavy atom. The van der Waals surface area contributed by atoms with Gasteiger partial charge in [0.05, 0.1) is 13.2 Å². The highest BCUT2D eigenvalue weighted by Crippen LogP contribution is 2.32. The number of nitrogens with zero attached hydrogens (tertiary/aromatic N) is 5. The van der Waals surface area contributed by atoms with Crippen LogP contribution in [0.4, 0.5) is 5.82 Å². The van der Waals surface area contributed by atoms with E-state index in [9.17, 15) is 4.79 Å². The van der Waals surface area contributed by atoms with Gasteiger partial charge in [0.15, 0.2) is 5.82 Å². The van der Waals surface area contributed by atoms with Gasteiger partial charge in [-0.2, -0.15) is 0 Å². The van der Waals surface area contributed by atoms with Gasteiger partial charge in [0.1, 0.15) is 17.3 Å². The number of aryl methyl sites for hydroxylation is 1. The predicted molar refractivity (Wildman–Crippen MR) is 121 cm³/mol. The largest absolute Gasteiger partial charge is 0.493 e. The summed E-state index contributed by atoms with van der Waals surface area (Å²) in [6, 6.07) is 3.80. The molecule has 0 radical (unpaired) electrons. The van der Waals surface area contributed by atoms with Crippen molar-refractivity contribution in [2.45, 2.75) is 58.4 Å². The summed E-state index contributed by atoms with van der Waals surface area (Å²) < 4.78 is 5.92. The first-order chi connectivity index (χ1) is 14.7. The molecule has 0 unspecified atom stereocenters. The lowest BCUT2D eigenvalue weighted by atomic mass is 10.1. The molecule has 31 heavy (non-hydrogen) atoms. The number of carbonyl (C=O) groups is 1. The Bertz CT molecular complexity index is 965. The molecule has 1 amide bonds. The smallest absolute Gasteiger partial charge is 0.242 e. The standard InChI is InChI=1S/C24H33N5O2/c1-24(2,3)29(5)21(30)14-28(4)23-18-7-6-8-19(18)26-22(27-23)20-13-17(11-12-25-20)31-15-16-9-10-16/h11-13,16H,6-10,14-15H2,1-5H3. The van der Waals surface area contributed by atoms with Crippen LogP contribution in [0.3, 0.4) is 0 Å². The SMILES string of the molecule is CN(CC(=O)N(C)C(C)(C)C)c1nc(-c2cc(OCC3CC3)ccn2)nc2c1CCC2. The number of carbonyl (C=O) groups excluding carboxylic acids is 1. The molecular weight excluding hydrogens is 390 g/mol. The van der Waals surface area contributed by atoms with Crippen molar-refractivity contribution in [1.82, 2.24) is 19.9 Å². The first kappa shape index (κ1) is 21.5. The van der Waals surface area contributed by atoms with Gasteiger partial charge < -0.3 is 14.5 Å². The van der Waals surface area contributed by atoms with E-state index in [1.165, 1.54) is 12.8 Å². The van der Waals surface area contributed by atoms with Crippen LogP contribution in [0.25, 0.3) is 11.5 Å². The van der Waals surface area contributed by atoms with Crippen molar-refractivity contribution in [3.05, 3.63) is 29.6 Å². The van der Waals surface area contributed by atoms with E-state index in [0.717, 1.165) is 48.7 Å². The Morgan fingerprint density at radius 3 is 2.68 bits per heavy atom. The van der Waals surface area contributed by atoms with Gasteiger partial charge in [-0.15, -0.1) is 0 Å². The summed E-state index contributed by atoms with van der Waals surface area (Å²) in [4.78, 5) is 30.7. The summed E-state index contributed by atoms with van der Waals surface area (Å²) in [5.41, 5.74) is 2.70. The number of amides is 1. The van der Waals surface area contributed by atoms with Crippen LogP contribution in [0.15, 0.2) is 18.3 Å². The number of fused-ring (bicyclic) bond motifs is 1. The Kier molecular flexibility index (Phi) is 5.86. The summed E-state index contributed by atoms with van der Waals surface area (Å²) in [7, 11) is 3.78. The molecule has 7 nitrogen and oxygen atoms in total. The third kappa shape index (κ3) is 4.97. The van der Waals surface area contributed by atoms with Crippen molar-refractivity contribution in [2.24, 2.45) is 5.92 Å². The van der Waals surface area contributed by atoms with Crippen molar-refractivity contribution < 1.29 is 9.53 Å². The van der Waals surface area contributed by atoms with Crippen LogP contribution in [0.1, 0.15) is 51.3 Å². The molecule has 0 aliphatic heterocycles. The van der Waals surface area contributed by atoms with E-state index in [2.05, 4.69) is 4.98 Å². The van der Waals surface area contributed by atoms with Crippen molar-refractivity contribution in [3.8, 4) is 17.3 Å². The first-order valence-corrected chi connectivity index (χ1v) is 11.2. The number of hydrogen-bond acceptors (Lipinski definition) is 6. The predicted octanol–water partition coefficient (Wildman–Crippen LogP) is 3.51. The maximum Gasteiger partial charge on any atom is 0.242 e. The van der Waals surface area contributed by atoms with Crippen molar-refractivity contribution in [1.29, 1.82) is 0 Å². The summed E-state index contributed by atoms with van der Waals surface area (Å²) in [5, 5.41) is 0. The molecule has 0 atom stereocenters. The molecule has 2 aromatic heterocycles. The van der Waals surface area contributed by atoms with Crippen LogP contribution in [-0.2, 0) is 17.6 Å². The van der Waals surface area contributed by atoms with Crippen molar-refractivity contribution in [3.63, 3.8) is 0 Å². The van der Waals surface area contributed by atoms with E-state index < -0.39 is 0 Å². The molecule has 0 saturated heterocycles. The van der Waals surface area contributed by atoms with Gasteiger partial charge >= 0.3 is 0 Å². The Hall–Kier alpha value is -2.70. The second-order valence-corrected chi connectivity index (χ2v) is 9.76. The first-order valence-electron chi connectivity index (χ1n) is 11.2. The third-order valence-electron chi connectivity index (χ3n) is 6.17. The van der Waals surface area contributed by atoms with Gasteiger partial charge in [-0.3, -0.25) is 9.78 Å². The number of likely N-dealkylation sites (N-methyl/N-ethyl adjacent to an activating group) is 2. The molecule has 2 aliphatic rings. The Labute approximate surface area is 184 Å². The number of anilines is 1. The van der Waals surface area contributed by atoms with Gasteiger partial charge in [0.2, 0.25) is 5.91 Å². The zero-order valence-electron chi connectivity index (χ0n) is 19.3. The molecule has 0 aromatic carbocycles. The van der Waals surface area contributed by atoms with E-state index in [1.807, 2.05) is 51.9 Å². The number of pyridine rings is 1. The highest BCUT2D eigenvalue weighted by atomic mass is 16.5. The van der Waals surface area contributed by atoms with Gasteiger partial charge in [-0.1, -0.05) is 0 Å². The Balaban J connectivity index is 1.59. The fourth-order valence-electron chi connectivity index (χ4n) is 3.72. The van der Waals surface area contributed by atoms with Crippen molar-refractivity contribution >= 4 is 11.7 Å². The van der Waals surface area contributed by atoms with Crippen LogP contribution < -0.4 is 9.64 Å². The van der Waals surface area contributed by atoms with E-state index >= 15 is 0 Å². The topological polar surface area (TPSA) is 71.5 Å². The normalized spacial score (nSPS) is 15.5. The minimum Gasteiger partial charge on any atom is -0.493 e. The fourth-order valence-corrected chi connectivity index (χ4v) is 3.72. The molecule has 1 saturated carbocycles. The van der Waals surface area contributed by atoms with E-state index in [1.54, 1.807) is 11.1 Å². The quantitative estimate of drug-likeness (QED) is 0.679. The molecule has 0 bridgehead atoms. The molecule has 166 valence electrons. The van der Waals surface area contributed by atoms with Crippen LogP contribution >= 0.6 is 0 Å². The van der Waals surface area contributed by atoms with Crippen LogP contribution in [0.5, 0.6) is 5.75 Å². The highest BCUT2D eigenvalue weighted by molar-refractivity contribution is 5.82. The Morgan fingerprint density at radius 1 is 1.19 bits per heavy atom. The molecule has 2 aliphatic carbocycles. The molecule has 2 heterocycles. The van der Waals surface area contributed by atoms with Crippen molar-refractivity contribution in [2.75, 3.05) is 32.1 Å². The summed E-state index contributed by atoms with van der Waals surface area (Å²) in [5.74, 6) is 2.99. The third-order valence-corrected chi connectivity index (χ3v) is 6.17. The van der Waals surface area contributed by atoms with Gasteiger partial charge in [-0.25, -0.2) is 9.97 Å². The van der Waals surface area contributed by atoms with E-state index in [0.29, 0.717) is 17.4 Å². The highest BCUT2D eigenvalue weighted by Gasteiger charge is 2.27. The number of aromatic nitrogens is 3. The number of hydrogen-bond donors (Lipinski definition) is 0. The second kappa shape index (κ2) is 8.44. The molecule has 0 spiro atoms. The second-order valence-electron chi connectivity index (χ2n) is 9.76. The molecular formula is C24H33N5O2. The van der Waals surface area contributed by atoms with Gasteiger partial charge in [-0.05, 0) is 64.9 Å². The summed E-state index contributed by atoms with van der Waals surface area (Å²) in [6.45, 7) is 7.14. The number of ether oxygens (including phenoxy) is 1. The lowest BCUT2D eigenvalue weighted by Crippen LogP contribution is -2.46. The average Bonchev–Trinajstić information content (AvgIpc) is 3.45. The number of rotatable bonds is 7. The zero-order chi connectivity index (χ0) is 22.2. The zero-order valence-corrected chi connectivity index (χ0v) is 19.3. The lowest BCUT2D eigenvalue weighted by Gasteiger charge is -2.33. The lowest BCUT2D eigenvalue weighted by molar-refractivity contribution is -0.132. The summed E-state index contributed by atoms with van der Waals surface area (Å²) in [6.07, 6.45) is 7.19. The van der Waals surface area contributed by atoms with Gasteiger partial charge in [0.25, 0.3) is 0 Å². The van der Waals surface area contributed by atoms with Crippen LogP contribution in [-0.4, -0.2) is 58.5 Å². The maximum absolute atomic E-state index is 12.8. The maximum atomic E-state index is 12.8. The fraction of sp³-hybridized carbons (Fsp3) is 0.583. The van der Waals surface area contributed by atoms with E-state index in [-0.39, 0.29) is 18.0 Å². The summed E-state index contributed by atoms with van der Waals surface area (Å²) >= 11 is 0. The van der Waals surface area contributed by atoms with E-state index in [4.69, 9.17) is 14.7 Å². The average molecular weight is 424 g/mol. The molecule has 1 fully saturated rings. The molecule has 4 rings (SSSR count). The molecule has 0 N–H and O–H groups in total. The monoisotopic (exact) mass is 423 g/mol. The minimum absolute atomic E-state index is 0.0653. The molecule has 2 aromatic rings. The van der Waals surface area contributed by atoms with Crippen LogP contribution in [0, 0.1) is 5.92 Å². The van der Waals surface area contributed by atoms with Crippen LogP contribution in [0.2, 0.25) is 0 Å². The minimum atomic E-state index is -0.221. The van der Waals surface area contributed by atoms with Gasteiger partial charge in [0, 0.05) is 43.2 Å².